The van der Waals surface area contributed by atoms with Gasteiger partial charge < -0.3 is 24.4 Å². The molecule has 0 aliphatic heterocycles. The average Bonchev–Trinajstić information content (AvgIpc) is 2.84. The van der Waals surface area contributed by atoms with E-state index in [1.165, 1.54) is 19.1 Å². The first kappa shape index (κ1) is 27.6. The molecule has 0 radical (unpaired) electrons. The van der Waals surface area contributed by atoms with E-state index in [-0.39, 0.29) is 31.0 Å². The largest absolute Gasteiger partial charge is 0.496 e. The standard InChI is InChI=1S/C25H32Cl2N2O5/c1-6-16(3)28-25(31)23(7-2)29(14-17-8-9-21(26)22(27)10-17)24(30)15-34-20-12-18(32-4)11-19(13-20)33-5/h8-13,16,23H,6-7,14-15H2,1-5H3,(H,28,31). The first-order valence-corrected chi connectivity index (χ1v) is 11.9. The lowest BCUT2D eigenvalue weighted by atomic mass is 10.1. The van der Waals surface area contributed by atoms with Crippen LogP contribution < -0.4 is 19.5 Å². The van der Waals surface area contributed by atoms with Crippen LogP contribution in [0, 0.1) is 0 Å². The molecule has 2 rings (SSSR count). The number of carbonyl (C=O) groups is 2. The summed E-state index contributed by atoms with van der Waals surface area (Å²) in [6.45, 7) is 5.68. The molecule has 2 aromatic carbocycles. The van der Waals surface area contributed by atoms with Gasteiger partial charge in [-0.15, -0.1) is 0 Å². The molecule has 0 saturated heterocycles. The van der Waals surface area contributed by atoms with E-state index in [9.17, 15) is 9.59 Å². The van der Waals surface area contributed by atoms with Crippen LogP contribution in [0.15, 0.2) is 36.4 Å². The molecule has 0 aliphatic carbocycles. The molecule has 7 nitrogen and oxygen atoms in total. The molecule has 0 aliphatic rings. The first-order valence-electron chi connectivity index (χ1n) is 11.1. The predicted octanol–water partition coefficient (Wildman–Crippen LogP) is 5.11. The lowest BCUT2D eigenvalue weighted by Crippen LogP contribution is -2.51. The van der Waals surface area contributed by atoms with Crippen molar-refractivity contribution in [3.8, 4) is 17.2 Å². The van der Waals surface area contributed by atoms with Crippen LogP contribution in [-0.2, 0) is 16.1 Å². The van der Waals surface area contributed by atoms with Crippen molar-refractivity contribution >= 4 is 35.0 Å². The van der Waals surface area contributed by atoms with Crippen LogP contribution in [0.25, 0.3) is 0 Å². The van der Waals surface area contributed by atoms with Crippen molar-refractivity contribution in [1.82, 2.24) is 10.2 Å². The van der Waals surface area contributed by atoms with Gasteiger partial charge in [0, 0.05) is 30.8 Å². The maximum Gasteiger partial charge on any atom is 0.261 e. The number of hydrogen-bond acceptors (Lipinski definition) is 5. The normalized spacial score (nSPS) is 12.4. The highest BCUT2D eigenvalue weighted by atomic mass is 35.5. The molecule has 0 spiro atoms. The molecule has 2 unspecified atom stereocenters. The number of halogens is 2. The zero-order chi connectivity index (χ0) is 25.3. The van der Waals surface area contributed by atoms with Gasteiger partial charge in [0.1, 0.15) is 23.3 Å². The van der Waals surface area contributed by atoms with Crippen LogP contribution in [0.1, 0.15) is 39.2 Å². The van der Waals surface area contributed by atoms with E-state index in [0.717, 1.165) is 12.0 Å². The van der Waals surface area contributed by atoms with E-state index in [1.807, 2.05) is 20.8 Å². The summed E-state index contributed by atoms with van der Waals surface area (Å²) in [6.07, 6.45) is 1.21. The van der Waals surface area contributed by atoms with Gasteiger partial charge in [-0.3, -0.25) is 9.59 Å². The molecule has 2 aromatic rings. The van der Waals surface area contributed by atoms with Gasteiger partial charge >= 0.3 is 0 Å². The predicted molar refractivity (Wildman–Crippen MR) is 134 cm³/mol. The van der Waals surface area contributed by atoms with Crippen LogP contribution >= 0.6 is 23.2 Å². The molecule has 0 saturated carbocycles. The second-order valence-electron chi connectivity index (χ2n) is 7.85. The molecule has 186 valence electrons. The fraction of sp³-hybridized carbons (Fsp3) is 0.440. The number of rotatable bonds is 12. The monoisotopic (exact) mass is 510 g/mol. The highest BCUT2D eigenvalue weighted by Gasteiger charge is 2.29. The van der Waals surface area contributed by atoms with Crippen molar-refractivity contribution in [2.24, 2.45) is 0 Å². The van der Waals surface area contributed by atoms with Gasteiger partial charge in [-0.2, -0.15) is 0 Å². The number of nitrogens with one attached hydrogen (secondary N) is 1. The van der Waals surface area contributed by atoms with Crippen LogP contribution in [0.3, 0.4) is 0 Å². The van der Waals surface area contributed by atoms with Crippen LogP contribution in [0.4, 0.5) is 0 Å². The third kappa shape index (κ3) is 7.71. The maximum absolute atomic E-state index is 13.3. The Morgan fingerprint density at radius 1 is 0.941 bits per heavy atom. The van der Waals surface area contributed by atoms with Gasteiger partial charge in [0.15, 0.2) is 6.61 Å². The number of ether oxygens (including phenoxy) is 3. The number of methoxy groups -OCH3 is 2. The molecule has 2 amide bonds. The minimum atomic E-state index is -0.681. The molecule has 2 atom stereocenters. The third-order valence-electron chi connectivity index (χ3n) is 5.41. The molecule has 9 heteroatoms. The summed E-state index contributed by atoms with van der Waals surface area (Å²) in [5, 5.41) is 3.77. The Labute approximate surface area is 211 Å². The van der Waals surface area contributed by atoms with Gasteiger partial charge in [-0.25, -0.2) is 0 Å². The summed E-state index contributed by atoms with van der Waals surface area (Å²) >= 11 is 12.2. The van der Waals surface area contributed by atoms with Gasteiger partial charge in [0.05, 0.1) is 24.3 Å². The molecular weight excluding hydrogens is 479 g/mol. The summed E-state index contributed by atoms with van der Waals surface area (Å²) in [5.41, 5.74) is 0.751. The highest BCUT2D eigenvalue weighted by Crippen LogP contribution is 2.28. The quantitative estimate of drug-likeness (QED) is 0.429. The van der Waals surface area contributed by atoms with Crippen molar-refractivity contribution in [2.75, 3.05) is 20.8 Å². The topological polar surface area (TPSA) is 77.1 Å². The van der Waals surface area contributed by atoms with E-state index in [4.69, 9.17) is 37.4 Å². The average molecular weight is 511 g/mol. The zero-order valence-corrected chi connectivity index (χ0v) is 21.7. The molecule has 34 heavy (non-hydrogen) atoms. The number of benzene rings is 2. The number of amides is 2. The maximum atomic E-state index is 13.3. The van der Waals surface area contributed by atoms with E-state index >= 15 is 0 Å². The van der Waals surface area contributed by atoms with Crippen molar-refractivity contribution in [1.29, 1.82) is 0 Å². The van der Waals surface area contributed by atoms with Crippen molar-refractivity contribution in [3.05, 3.63) is 52.0 Å². The molecule has 0 bridgehead atoms. The molecular formula is C25H32Cl2N2O5. The third-order valence-corrected chi connectivity index (χ3v) is 6.15. The second kappa shape index (κ2) is 13.3. The SMILES string of the molecule is CCC(C)NC(=O)C(CC)N(Cc1ccc(Cl)c(Cl)c1)C(=O)COc1cc(OC)cc(OC)c1. The summed E-state index contributed by atoms with van der Waals surface area (Å²) in [5.74, 6) is 0.922. The lowest BCUT2D eigenvalue weighted by molar-refractivity contribution is -0.143. The summed E-state index contributed by atoms with van der Waals surface area (Å²) in [4.78, 5) is 27.9. The second-order valence-corrected chi connectivity index (χ2v) is 8.66. The van der Waals surface area contributed by atoms with Crippen LogP contribution in [-0.4, -0.2) is 49.6 Å². The summed E-state index contributed by atoms with van der Waals surface area (Å²) in [7, 11) is 3.06. The van der Waals surface area contributed by atoms with E-state index < -0.39 is 6.04 Å². The Hall–Kier alpha value is -2.64. The number of nitrogens with zero attached hydrogens (tertiary/aromatic N) is 1. The Morgan fingerprint density at radius 3 is 2.09 bits per heavy atom. The Bertz CT molecular complexity index is 964. The molecule has 0 fully saturated rings. The molecule has 0 aromatic heterocycles. The lowest BCUT2D eigenvalue weighted by Gasteiger charge is -2.31. The minimum absolute atomic E-state index is 0.0102. The highest BCUT2D eigenvalue weighted by molar-refractivity contribution is 6.42. The van der Waals surface area contributed by atoms with Crippen molar-refractivity contribution < 1.29 is 23.8 Å². The fourth-order valence-corrected chi connectivity index (χ4v) is 3.61. The minimum Gasteiger partial charge on any atom is -0.496 e. The zero-order valence-electron chi connectivity index (χ0n) is 20.2. The van der Waals surface area contributed by atoms with E-state index in [0.29, 0.717) is 33.7 Å². The number of hydrogen-bond donors (Lipinski definition) is 1. The first-order chi connectivity index (χ1) is 16.2. The van der Waals surface area contributed by atoms with Gasteiger partial charge in [0.25, 0.3) is 5.91 Å². The van der Waals surface area contributed by atoms with Crippen LogP contribution in [0.5, 0.6) is 17.2 Å². The summed E-state index contributed by atoms with van der Waals surface area (Å²) in [6, 6.07) is 9.47. The van der Waals surface area contributed by atoms with Gasteiger partial charge in [0.2, 0.25) is 5.91 Å². The van der Waals surface area contributed by atoms with Crippen molar-refractivity contribution in [2.45, 2.75) is 52.2 Å². The van der Waals surface area contributed by atoms with E-state index in [1.54, 1.807) is 36.4 Å². The smallest absolute Gasteiger partial charge is 0.261 e. The van der Waals surface area contributed by atoms with Crippen LogP contribution in [0.2, 0.25) is 10.0 Å². The van der Waals surface area contributed by atoms with Crippen molar-refractivity contribution in [3.63, 3.8) is 0 Å². The Kier molecular flexibility index (Phi) is 10.8. The van der Waals surface area contributed by atoms with Gasteiger partial charge in [-0.1, -0.05) is 43.1 Å². The Morgan fingerprint density at radius 2 is 1.56 bits per heavy atom. The number of carbonyl (C=O) groups excluding carboxylic acids is 2. The molecule has 1 N–H and O–H groups in total. The van der Waals surface area contributed by atoms with E-state index in [2.05, 4.69) is 5.32 Å². The Balaban J connectivity index is 2.28. The molecule has 0 heterocycles. The van der Waals surface area contributed by atoms with Gasteiger partial charge in [-0.05, 0) is 37.5 Å². The summed E-state index contributed by atoms with van der Waals surface area (Å²) < 4.78 is 16.3. The fourth-order valence-electron chi connectivity index (χ4n) is 3.29.